The molecule has 0 saturated carbocycles. The van der Waals surface area contributed by atoms with E-state index in [0.717, 1.165) is 4.47 Å². The highest BCUT2D eigenvalue weighted by molar-refractivity contribution is 9.10. The largest absolute Gasteiger partial charge is 0.460 e. The first kappa shape index (κ1) is 17.0. The third kappa shape index (κ3) is 5.43. The van der Waals surface area contributed by atoms with Crippen LogP contribution in [0.3, 0.4) is 0 Å². The maximum absolute atomic E-state index is 12.1. The number of hydrogen-bond acceptors (Lipinski definition) is 4. The van der Waals surface area contributed by atoms with Crippen LogP contribution in [-0.4, -0.2) is 46.1 Å². The Morgan fingerprint density at radius 3 is 2.45 bits per heavy atom. The van der Waals surface area contributed by atoms with E-state index in [0.29, 0.717) is 25.9 Å². The number of nitrogens with zero attached hydrogens (tertiary/aromatic N) is 3. The second kappa shape index (κ2) is 7.26. The van der Waals surface area contributed by atoms with Crippen LogP contribution in [0, 0.1) is 0 Å². The molecular weight excluding hydrogens is 367 g/mol. The molecule has 0 aromatic carbocycles. The van der Waals surface area contributed by atoms with Gasteiger partial charge in [-0.3, -0.25) is 4.79 Å². The second-order valence-corrected chi connectivity index (χ2v) is 5.91. The van der Waals surface area contributed by atoms with E-state index in [4.69, 9.17) is 4.74 Å². The lowest BCUT2D eigenvalue weighted by atomic mass is 10.1. The number of piperidine rings is 1. The quantitative estimate of drug-likeness (QED) is 0.804. The Bertz CT molecular complexity index is 502. The summed E-state index contributed by atoms with van der Waals surface area (Å²) in [5.41, 5.74) is 0. The third-order valence-electron chi connectivity index (χ3n) is 3.29. The Hall–Kier alpha value is -1.38. The number of halogens is 4. The minimum absolute atomic E-state index is 0.132. The van der Waals surface area contributed by atoms with Gasteiger partial charge in [0.2, 0.25) is 5.91 Å². The van der Waals surface area contributed by atoms with E-state index >= 15 is 0 Å². The summed E-state index contributed by atoms with van der Waals surface area (Å²) in [7, 11) is 0. The van der Waals surface area contributed by atoms with Gasteiger partial charge in [-0.25, -0.2) is 9.97 Å². The summed E-state index contributed by atoms with van der Waals surface area (Å²) in [4.78, 5) is 21.1. The highest BCUT2D eigenvalue weighted by Crippen LogP contribution is 2.23. The molecule has 1 aromatic heterocycles. The average molecular weight is 382 g/mol. The zero-order valence-electron chi connectivity index (χ0n) is 11.6. The van der Waals surface area contributed by atoms with Crippen molar-refractivity contribution in [1.82, 2.24) is 14.9 Å². The zero-order valence-corrected chi connectivity index (χ0v) is 13.2. The first-order valence-electron chi connectivity index (χ1n) is 6.82. The maximum Gasteiger partial charge on any atom is 0.389 e. The van der Waals surface area contributed by atoms with Crippen molar-refractivity contribution < 1.29 is 22.7 Å². The lowest BCUT2D eigenvalue weighted by Crippen LogP contribution is -2.42. The van der Waals surface area contributed by atoms with Gasteiger partial charge in [0.15, 0.2) is 0 Å². The van der Waals surface area contributed by atoms with Crippen molar-refractivity contribution in [2.24, 2.45) is 0 Å². The van der Waals surface area contributed by atoms with Gasteiger partial charge in [0.25, 0.3) is 0 Å². The first-order chi connectivity index (χ1) is 10.3. The van der Waals surface area contributed by atoms with Gasteiger partial charge < -0.3 is 9.64 Å². The lowest BCUT2D eigenvalue weighted by Gasteiger charge is -2.31. The van der Waals surface area contributed by atoms with Crippen LogP contribution in [0.25, 0.3) is 0 Å². The molecule has 1 aromatic rings. The van der Waals surface area contributed by atoms with E-state index in [1.165, 1.54) is 4.90 Å². The van der Waals surface area contributed by atoms with Crippen molar-refractivity contribution in [3.8, 4) is 6.01 Å². The minimum Gasteiger partial charge on any atom is -0.460 e. The molecule has 1 aliphatic heterocycles. The normalized spacial score (nSPS) is 16.6. The third-order valence-corrected chi connectivity index (χ3v) is 3.70. The van der Waals surface area contributed by atoms with Gasteiger partial charge in [-0.2, -0.15) is 13.2 Å². The summed E-state index contributed by atoms with van der Waals surface area (Å²) in [5.74, 6) is -0.462. The summed E-state index contributed by atoms with van der Waals surface area (Å²) < 4.78 is 42.7. The van der Waals surface area contributed by atoms with Gasteiger partial charge in [-0.05, 0) is 15.9 Å². The van der Waals surface area contributed by atoms with Crippen molar-refractivity contribution in [3.63, 3.8) is 0 Å². The molecule has 0 radical (unpaired) electrons. The summed E-state index contributed by atoms with van der Waals surface area (Å²) in [6.45, 7) is 0.774. The number of carbonyl (C=O) groups excluding carboxylic acids is 1. The molecule has 9 heteroatoms. The number of ether oxygens (including phenoxy) is 1. The Balaban J connectivity index is 1.75. The monoisotopic (exact) mass is 381 g/mol. The predicted molar refractivity (Wildman–Crippen MR) is 75.3 cm³/mol. The molecule has 5 nitrogen and oxygen atoms in total. The molecule has 0 aliphatic carbocycles. The van der Waals surface area contributed by atoms with Crippen molar-refractivity contribution in [2.45, 2.75) is 38.0 Å². The standard InChI is InChI=1S/C13H15BrF3N3O2/c14-9-7-18-12(19-8-9)22-10-2-5-20(6-3-10)11(21)1-4-13(15,16)17/h7-8,10H,1-6H2. The van der Waals surface area contributed by atoms with Gasteiger partial charge in [-0.15, -0.1) is 0 Å². The number of likely N-dealkylation sites (tertiary alicyclic amines) is 1. The molecule has 122 valence electrons. The van der Waals surface area contributed by atoms with Gasteiger partial charge in [-0.1, -0.05) is 0 Å². The summed E-state index contributed by atoms with van der Waals surface area (Å²) in [6, 6.07) is 0.255. The molecule has 1 amide bonds. The molecule has 1 aliphatic rings. The molecule has 22 heavy (non-hydrogen) atoms. The van der Waals surface area contributed by atoms with Crippen LogP contribution in [0.2, 0.25) is 0 Å². The molecule has 0 spiro atoms. The number of amides is 1. The molecule has 0 unspecified atom stereocenters. The average Bonchev–Trinajstić information content (AvgIpc) is 2.47. The number of aromatic nitrogens is 2. The van der Waals surface area contributed by atoms with Crippen molar-refractivity contribution >= 4 is 21.8 Å². The highest BCUT2D eigenvalue weighted by atomic mass is 79.9. The van der Waals surface area contributed by atoms with Crippen molar-refractivity contribution in [2.75, 3.05) is 13.1 Å². The Morgan fingerprint density at radius 1 is 1.32 bits per heavy atom. The van der Waals surface area contributed by atoms with Crippen LogP contribution in [0.4, 0.5) is 13.2 Å². The number of hydrogen-bond donors (Lipinski definition) is 0. The minimum atomic E-state index is -4.30. The molecule has 1 saturated heterocycles. The lowest BCUT2D eigenvalue weighted by molar-refractivity contribution is -0.150. The van der Waals surface area contributed by atoms with Gasteiger partial charge in [0, 0.05) is 44.7 Å². The fourth-order valence-electron chi connectivity index (χ4n) is 2.14. The smallest absolute Gasteiger partial charge is 0.389 e. The van der Waals surface area contributed by atoms with Crippen LogP contribution in [0.1, 0.15) is 25.7 Å². The number of carbonyl (C=O) groups is 1. The van der Waals surface area contributed by atoms with E-state index in [-0.39, 0.29) is 12.1 Å². The Kier molecular flexibility index (Phi) is 5.60. The number of rotatable bonds is 4. The molecule has 0 atom stereocenters. The second-order valence-electron chi connectivity index (χ2n) is 5.00. The molecule has 0 N–H and O–H groups in total. The van der Waals surface area contributed by atoms with Crippen LogP contribution in [-0.2, 0) is 4.79 Å². The first-order valence-corrected chi connectivity index (χ1v) is 7.61. The highest BCUT2D eigenvalue weighted by Gasteiger charge is 2.30. The van der Waals surface area contributed by atoms with E-state index in [1.54, 1.807) is 12.4 Å². The van der Waals surface area contributed by atoms with Crippen molar-refractivity contribution in [3.05, 3.63) is 16.9 Å². The van der Waals surface area contributed by atoms with E-state index in [1.807, 2.05) is 0 Å². The van der Waals surface area contributed by atoms with Crippen molar-refractivity contribution in [1.29, 1.82) is 0 Å². The van der Waals surface area contributed by atoms with E-state index in [9.17, 15) is 18.0 Å². The topological polar surface area (TPSA) is 55.3 Å². The molecule has 2 rings (SSSR count). The summed E-state index contributed by atoms with van der Waals surface area (Å²) in [5, 5.41) is 0. The summed E-state index contributed by atoms with van der Waals surface area (Å²) in [6.07, 6.45) is -1.76. The fourth-order valence-corrected chi connectivity index (χ4v) is 2.34. The number of alkyl halides is 3. The molecule has 2 heterocycles. The fraction of sp³-hybridized carbons (Fsp3) is 0.615. The van der Waals surface area contributed by atoms with Crippen LogP contribution < -0.4 is 4.74 Å². The molecular formula is C13H15BrF3N3O2. The predicted octanol–water partition coefficient (Wildman–Crippen LogP) is 2.95. The Labute approximate surface area is 134 Å². The Morgan fingerprint density at radius 2 is 1.91 bits per heavy atom. The maximum atomic E-state index is 12.1. The van der Waals surface area contributed by atoms with Gasteiger partial charge >= 0.3 is 12.2 Å². The van der Waals surface area contributed by atoms with Crippen LogP contribution in [0.15, 0.2) is 16.9 Å². The van der Waals surface area contributed by atoms with Gasteiger partial charge in [0.1, 0.15) is 6.10 Å². The molecule has 0 bridgehead atoms. The van der Waals surface area contributed by atoms with E-state index in [2.05, 4.69) is 25.9 Å². The molecule has 1 fully saturated rings. The summed E-state index contributed by atoms with van der Waals surface area (Å²) >= 11 is 3.22. The zero-order chi connectivity index (χ0) is 16.2. The SMILES string of the molecule is O=C(CCC(F)(F)F)N1CCC(Oc2ncc(Br)cn2)CC1. The van der Waals surface area contributed by atoms with Gasteiger partial charge in [0.05, 0.1) is 10.9 Å². The van der Waals surface area contributed by atoms with E-state index < -0.39 is 24.9 Å². The van der Waals surface area contributed by atoms with Crippen LogP contribution in [0.5, 0.6) is 6.01 Å². The van der Waals surface area contributed by atoms with Crippen LogP contribution >= 0.6 is 15.9 Å².